The van der Waals surface area contributed by atoms with Gasteiger partial charge >= 0.3 is 0 Å². The molecule has 0 saturated heterocycles. The molecule has 7 heteroatoms. The molecule has 0 aliphatic rings. The van der Waals surface area contributed by atoms with Crippen LogP contribution in [0.4, 0.5) is 5.69 Å². The fourth-order valence-electron chi connectivity index (χ4n) is 2.92. The molecule has 31 heavy (non-hydrogen) atoms. The van der Waals surface area contributed by atoms with Crippen molar-refractivity contribution in [2.45, 2.75) is 12.7 Å². The fourth-order valence-corrected chi connectivity index (χ4v) is 3.84. The first-order valence-corrected chi connectivity index (χ1v) is 11.2. The number of hydrogen-bond donors (Lipinski definition) is 1. The van der Waals surface area contributed by atoms with Gasteiger partial charge in [-0.2, -0.15) is 0 Å². The van der Waals surface area contributed by atoms with Crippen LogP contribution in [0.3, 0.4) is 0 Å². The van der Waals surface area contributed by atoms with Gasteiger partial charge in [-0.25, -0.2) is 0 Å². The van der Waals surface area contributed by atoms with Gasteiger partial charge in [-0.1, -0.05) is 47.5 Å². The molecule has 1 amide bonds. The summed E-state index contributed by atoms with van der Waals surface area (Å²) in [6.07, 6.45) is 0. The molecule has 1 aromatic heterocycles. The summed E-state index contributed by atoms with van der Waals surface area (Å²) in [4.78, 5) is 12.3. The molecule has 0 unspecified atom stereocenters. The number of nitrogens with zero attached hydrogens (tertiary/aromatic N) is 2. The number of thioether (sulfide) groups is 1. The van der Waals surface area contributed by atoms with E-state index in [0.29, 0.717) is 28.2 Å². The Kier molecular flexibility index (Phi) is 6.70. The average Bonchev–Trinajstić information content (AvgIpc) is 3.26. The van der Waals surface area contributed by atoms with Crippen LogP contribution in [0.2, 0.25) is 5.02 Å². The van der Waals surface area contributed by atoms with Crippen LogP contribution < -0.4 is 5.32 Å². The molecule has 4 aromatic rings. The summed E-state index contributed by atoms with van der Waals surface area (Å²) < 4.78 is 5.83. The van der Waals surface area contributed by atoms with E-state index in [4.69, 9.17) is 16.0 Å². The van der Waals surface area contributed by atoms with E-state index in [1.807, 2.05) is 79.7 Å². The van der Waals surface area contributed by atoms with Gasteiger partial charge in [-0.15, -0.1) is 22.0 Å². The molecular weight excluding hydrogens is 430 g/mol. The Morgan fingerprint density at radius 1 is 0.968 bits per heavy atom. The van der Waals surface area contributed by atoms with Crippen LogP contribution in [0, 0.1) is 6.92 Å². The number of carbonyl (C=O) groups is 1. The Morgan fingerprint density at radius 2 is 1.68 bits per heavy atom. The fraction of sp³-hybridized carbons (Fsp3) is 0.125. The van der Waals surface area contributed by atoms with Crippen molar-refractivity contribution in [2.24, 2.45) is 0 Å². The zero-order valence-corrected chi connectivity index (χ0v) is 18.4. The van der Waals surface area contributed by atoms with Crippen molar-refractivity contribution in [2.75, 3.05) is 11.1 Å². The normalized spacial score (nSPS) is 10.8. The van der Waals surface area contributed by atoms with Crippen LogP contribution in [0.1, 0.15) is 11.1 Å². The van der Waals surface area contributed by atoms with Gasteiger partial charge in [0.25, 0.3) is 0 Å². The number of benzene rings is 3. The van der Waals surface area contributed by atoms with E-state index in [2.05, 4.69) is 15.5 Å². The average molecular weight is 450 g/mol. The first-order valence-electron chi connectivity index (χ1n) is 9.70. The molecular formula is C24H20ClN3O2S. The van der Waals surface area contributed by atoms with E-state index in [1.54, 1.807) is 11.8 Å². The maximum absolute atomic E-state index is 12.3. The molecule has 0 bridgehead atoms. The van der Waals surface area contributed by atoms with Crippen molar-refractivity contribution in [3.8, 4) is 22.9 Å². The summed E-state index contributed by atoms with van der Waals surface area (Å²) in [7, 11) is 0. The molecule has 1 N–H and O–H groups in total. The first kappa shape index (κ1) is 21.2. The van der Waals surface area contributed by atoms with E-state index in [-0.39, 0.29) is 5.91 Å². The minimum Gasteiger partial charge on any atom is -0.416 e. The maximum atomic E-state index is 12.3. The van der Waals surface area contributed by atoms with Crippen LogP contribution in [-0.2, 0) is 10.5 Å². The summed E-state index contributed by atoms with van der Waals surface area (Å²) in [6, 6.07) is 22.9. The Bertz CT molecular complexity index is 1170. The molecule has 3 aromatic carbocycles. The van der Waals surface area contributed by atoms with Crippen molar-refractivity contribution in [1.82, 2.24) is 10.2 Å². The highest BCUT2D eigenvalue weighted by atomic mass is 35.5. The lowest BCUT2D eigenvalue weighted by atomic mass is 10.1. The van der Waals surface area contributed by atoms with Gasteiger partial charge in [0, 0.05) is 27.6 Å². The molecule has 0 aliphatic carbocycles. The molecule has 5 nitrogen and oxygen atoms in total. The third kappa shape index (κ3) is 5.75. The molecule has 0 aliphatic heterocycles. The standard InChI is InChI=1S/C24H20ClN3O2S/c1-16-5-9-18(10-6-16)23-27-28-24(30-23)19-3-2-4-21(13-19)26-22(29)15-31-14-17-7-11-20(25)12-8-17/h2-13H,14-15H2,1H3,(H,26,29). The number of nitrogens with one attached hydrogen (secondary N) is 1. The van der Waals surface area contributed by atoms with Crippen LogP contribution in [0.15, 0.2) is 77.2 Å². The zero-order chi connectivity index (χ0) is 21.6. The van der Waals surface area contributed by atoms with E-state index < -0.39 is 0 Å². The Hall–Kier alpha value is -3.09. The molecule has 0 fully saturated rings. The monoisotopic (exact) mass is 449 g/mol. The Balaban J connectivity index is 1.36. The van der Waals surface area contributed by atoms with Crippen molar-refractivity contribution >= 4 is 35.0 Å². The van der Waals surface area contributed by atoms with Gasteiger partial charge in [0.05, 0.1) is 5.75 Å². The minimum atomic E-state index is -0.0676. The third-order valence-electron chi connectivity index (χ3n) is 4.53. The van der Waals surface area contributed by atoms with E-state index in [9.17, 15) is 4.79 Å². The largest absolute Gasteiger partial charge is 0.416 e. The summed E-state index contributed by atoms with van der Waals surface area (Å²) in [5.74, 6) is 1.90. The van der Waals surface area contributed by atoms with Gasteiger partial charge < -0.3 is 9.73 Å². The number of rotatable bonds is 7. The second kappa shape index (κ2) is 9.81. The first-order chi connectivity index (χ1) is 15.1. The number of amides is 1. The van der Waals surface area contributed by atoms with Gasteiger partial charge in [-0.05, 0) is 55.0 Å². The highest BCUT2D eigenvalue weighted by molar-refractivity contribution is 7.99. The molecule has 0 radical (unpaired) electrons. The Morgan fingerprint density at radius 3 is 2.42 bits per heavy atom. The van der Waals surface area contributed by atoms with Crippen molar-refractivity contribution in [1.29, 1.82) is 0 Å². The van der Waals surface area contributed by atoms with Crippen molar-refractivity contribution in [3.63, 3.8) is 0 Å². The number of aromatic nitrogens is 2. The number of carbonyl (C=O) groups excluding carboxylic acids is 1. The highest BCUT2D eigenvalue weighted by Gasteiger charge is 2.11. The molecule has 0 spiro atoms. The lowest BCUT2D eigenvalue weighted by Crippen LogP contribution is -2.14. The highest BCUT2D eigenvalue weighted by Crippen LogP contribution is 2.26. The van der Waals surface area contributed by atoms with E-state index >= 15 is 0 Å². The number of aryl methyl sites for hydroxylation is 1. The van der Waals surface area contributed by atoms with Crippen LogP contribution in [0.25, 0.3) is 22.9 Å². The zero-order valence-electron chi connectivity index (χ0n) is 16.8. The summed E-state index contributed by atoms with van der Waals surface area (Å²) in [5.41, 5.74) is 4.59. The number of anilines is 1. The molecule has 0 atom stereocenters. The lowest BCUT2D eigenvalue weighted by molar-refractivity contribution is -0.113. The molecule has 0 saturated carbocycles. The molecule has 4 rings (SSSR count). The predicted molar refractivity (Wildman–Crippen MR) is 126 cm³/mol. The second-order valence-electron chi connectivity index (χ2n) is 7.03. The van der Waals surface area contributed by atoms with Crippen molar-refractivity contribution < 1.29 is 9.21 Å². The lowest BCUT2D eigenvalue weighted by Gasteiger charge is -2.06. The smallest absolute Gasteiger partial charge is 0.248 e. The number of hydrogen-bond acceptors (Lipinski definition) is 5. The summed E-state index contributed by atoms with van der Waals surface area (Å²) >= 11 is 7.44. The minimum absolute atomic E-state index is 0.0676. The second-order valence-corrected chi connectivity index (χ2v) is 8.45. The predicted octanol–water partition coefficient (Wildman–Crippen LogP) is 6.24. The van der Waals surface area contributed by atoms with Gasteiger partial charge in [0.15, 0.2) is 0 Å². The quantitative estimate of drug-likeness (QED) is 0.362. The van der Waals surface area contributed by atoms with Gasteiger partial charge in [0.2, 0.25) is 17.7 Å². The molecule has 156 valence electrons. The number of halogens is 1. The van der Waals surface area contributed by atoms with Gasteiger partial charge in [0.1, 0.15) is 0 Å². The molecule has 1 heterocycles. The summed E-state index contributed by atoms with van der Waals surface area (Å²) in [5, 5.41) is 11.9. The van der Waals surface area contributed by atoms with E-state index in [0.717, 1.165) is 22.4 Å². The van der Waals surface area contributed by atoms with Crippen molar-refractivity contribution in [3.05, 3.63) is 88.9 Å². The van der Waals surface area contributed by atoms with E-state index in [1.165, 1.54) is 5.56 Å². The van der Waals surface area contributed by atoms with Gasteiger partial charge in [-0.3, -0.25) is 4.79 Å². The van der Waals surface area contributed by atoms with Crippen LogP contribution in [0.5, 0.6) is 0 Å². The third-order valence-corrected chi connectivity index (χ3v) is 5.79. The van der Waals surface area contributed by atoms with Crippen LogP contribution >= 0.6 is 23.4 Å². The topological polar surface area (TPSA) is 68.0 Å². The maximum Gasteiger partial charge on any atom is 0.248 e. The SMILES string of the molecule is Cc1ccc(-c2nnc(-c3cccc(NC(=O)CSCc4ccc(Cl)cc4)c3)o2)cc1. The Labute approximate surface area is 189 Å². The van der Waals surface area contributed by atoms with Crippen LogP contribution in [-0.4, -0.2) is 21.9 Å². The summed E-state index contributed by atoms with van der Waals surface area (Å²) in [6.45, 7) is 2.03.